The summed E-state index contributed by atoms with van der Waals surface area (Å²) in [5.41, 5.74) is 4.25. The molecule has 34 heavy (non-hydrogen) atoms. The molecule has 1 N–H and O–H groups in total. The van der Waals surface area contributed by atoms with Crippen molar-refractivity contribution < 1.29 is 4.79 Å². The number of aromatic nitrogens is 4. The fourth-order valence-corrected chi connectivity index (χ4v) is 4.50. The van der Waals surface area contributed by atoms with Crippen molar-refractivity contribution in [3.63, 3.8) is 0 Å². The monoisotopic (exact) mass is 451 g/mol. The van der Waals surface area contributed by atoms with Crippen LogP contribution in [-0.2, 0) is 0 Å². The van der Waals surface area contributed by atoms with E-state index in [0.29, 0.717) is 11.3 Å². The molecular weight excluding hydrogens is 426 g/mol. The van der Waals surface area contributed by atoms with Gasteiger partial charge in [0.1, 0.15) is 17.6 Å². The number of pyridine rings is 3. The first kappa shape index (κ1) is 21.6. The first-order valence-electron chi connectivity index (χ1n) is 11.3. The average molecular weight is 452 g/mol. The number of carbonyl (C=O) groups excluding carboxylic acids is 1. The second-order valence-corrected chi connectivity index (χ2v) is 8.96. The van der Waals surface area contributed by atoms with E-state index < -0.39 is 0 Å². The normalized spacial score (nSPS) is 15.1. The molecule has 0 radical (unpaired) electrons. The van der Waals surface area contributed by atoms with Crippen molar-refractivity contribution in [3.05, 3.63) is 78.0 Å². The summed E-state index contributed by atoms with van der Waals surface area (Å²) in [6.07, 6.45) is 8.54. The fraction of sp³-hybridized carbons (Fsp3) is 0.269. The van der Waals surface area contributed by atoms with Gasteiger partial charge < -0.3 is 10.2 Å². The Balaban J connectivity index is 1.28. The Morgan fingerprint density at radius 3 is 2.65 bits per heavy atom. The predicted molar refractivity (Wildman–Crippen MR) is 129 cm³/mol. The minimum atomic E-state index is -0.289. The molecule has 170 valence electrons. The number of hydrogen-bond acceptors (Lipinski definition) is 6. The third kappa shape index (κ3) is 3.97. The van der Waals surface area contributed by atoms with Gasteiger partial charge in [-0.25, -0.2) is 9.50 Å². The molecule has 0 saturated carbocycles. The molecule has 0 spiro atoms. The number of carbonyl (C=O) groups is 1. The van der Waals surface area contributed by atoms with E-state index in [1.165, 1.54) is 0 Å². The van der Waals surface area contributed by atoms with E-state index in [1.54, 1.807) is 16.9 Å². The molecule has 5 rings (SSSR count). The van der Waals surface area contributed by atoms with Crippen molar-refractivity contribution in [3.8, 4) is 17.2 Å². The fourth-order valence-electron chi connectivity index (χ4n) is 4.50. The lowest BCUT2D eigenvalue weighted by Gasteiger charge is -2.40. The number of aryl methyl sites for hydroxylation is 1. The van der Waals surface area contributed by atoms with Gasteiger partial charge in [0.05, 0.1) is 17.3 Å². The Hall–Kier alpha value is -4.25. The lowest BCUT2D eigenvalue weighted by Crippen LogP contribution is -2.53. The third-order valence-electron chi connectivity index (χ3n) is 6.55. The second-order valence-electron chi connectivity index (χ2n) is 8.96. The highest BCUT2D eigenvalue weighted by Gasteiger charge is 2.32. The van der Waals surface area contributed by atoms with Crippen LogP contribution in [0.2, 0.25) is 0 Å². The van der Waals surface area contributed by atoms with E-state index in [4.69, 9.17) is 4.98 Å². The molecule has 1 aliphatic rings. The number of anilines is 1. The van der Waals surface area contributed by atoms with Gasteiger partial charge in [-0.05, 0) is 56.5 Å². The van der Waals surface area contributed by atoms with Gasteiger partial charge >= 0.3 is 0 Å². The summed E-state index contributed by atoms with van der Waals surface area (Å²) in [5.74, 6) is 0.779. The predicted octanol–water partition coefficient (Wildman–Crippen LogP) is 3.76. The highest BCUT2D eigenvalue weighted by molar-refractivity contribution is 5.94. The topological polar surface area (TPSA) is 99.2 Å². The van der Waals surface area contributed by atoms with E-state index in [2.05, 4.69) is 33.3 Å². The number of amides is 1. The van der Waals surface area contributed by atoms with Gasteiger partial charge in [0.25, 0.3) is 5.91 Å². The van der Waals surface area contributed by atoms with Crippen LogP contribution in [-0.4, -0.2) is 44.1 Å². The minimum absolute atomic E-state index is 0.123. The molecule has 4 aromatic rings. The molecule has 1 amide bonds. The zero-order chi connectivity index (χ0) is 23.7. The molecule has 1 fully saturated rings. The van der Waals surface area contributed by atoms with Crippen LogP contribution >= 0.6 is 0 Å². The number of piperidine rings is 1. The number of nitriles is 1. The van der Waals surface area contributed by atoms with Crippen molar-refractivity contribution in [1.82, 2.24) is 24.9 Å². The molecule has 0 atom stereocenters. The smallest absolute Gasteiger partial charge is 0.270 e. The maximum absolute atomic E-state index is 12.8. The zero-order valence-corrected chi connectivity index (χ0v) is 19.2. The summed E-state index contributed by atoms with van der Waals surface area (Å²) >= 11 is 0. The van der Waals surface area contributed by atoms with E-state index in [9.17, 15) is 10.1 Å². The lowest BCUT2D eigenvalue weighted by atomic mass is 9.89. The van der Waals surface area contributed by atoms with Crippen LogP contribution in [0.15, 0.2) is 61.2 Å². The number of nitrogens with zero attached hydrogens (tertiary/aromatic N) is 6. The van der Waals surface area contributed by atoms with Crippen LogP contribution in [0.1, 0.15) is 41.4 Å². The van der Waals surface area contributed by atoms with Gasteiger partial charge in [0.15, 0.2) is 0 Å². The van der Waals surface area contributed by atoms with Crippen molar-refractivity contribution >= 4 is 17.2 Å². The van der Waals surface area contributed by atoms with E-state index in [-0.39, 0.29) is 11.4 Å². The summed E-state index contributed by atoms with van der Waals surface area (Å²) in [6.45, 7) is 5.58. The van der Waals surface area contributed by atoms with Crippen LogP contribution in [0.25, 0.3) is 16.6 Å². The first-order valence-corrected chi connectivity index (χ1v) is 11.3. The number of fused-ring (bicyclic) bond motifs is 1. The zero-order valence-electron chi connectivity index (χ0n) is 19.2. The quantitative estimate of drug-likeness (QED) is 0.507. The van der Waals surface area contributed by atoms with Crippen molar-refractivity contribution in [2.45, 2.75) is 32.2 Å². The average Bonchev–Trinajstić information content (AvgIpc) is 3.28. The SMILES string of the molecule is Cc1cccnc1C(=O)NC1(C)CCN(c2ccc(-c3cccn4ncc(C#N)c34)cn2)CC1. The second kappa shape index (κ2) is 8.60. The lowest BCUT2D eigenvalue weighted by molar-refractivity contribution is 0.0885. The molecule has 1 saturated heterocycles. The number of hydrogen-bond donors (Lipinski definition) is 1. The highest BCUT2D eigenvalue weighted by Crippen LogP contribution is 2.29. The number of rotatable bonds is 4. The molecule has 4 aromatic heterocycles. The Morgan fingerprint density at radius 2 is 1.94 bits per heavy atom. The van der Waals surface area contributed by atoms with Crippen LogP contribution in [0.5, 0.6) is 0 Å². The molecule has 0 aliphatic carbocycles. The van der Waals surface area contributed by atoms with Gasteiger partial charge in [-0.2, -0.15) is 10.4 Å². The summed E-state index contributed by atoms with van der Waals surface area (Å²) in [4.78, 5) is 23.9. The minimum Gasteiger partial charge on any atom is -0.356 e. The van der Waals surface area contributed by atoms with Crippen LogP contribution < -0.4 is 10.2 Å². The maximum Gasteiger partial charge on any atom is 0.270 e. The van der Waals surface area contributed by atoms with Gasteiger partial charge in [-0.1, -0.05) is 12.1 Å². The van der Waals surface area contributed by atoms with E-state index >= 15 is 0 Å². The molecule has 8 heteroatoms. The molecule has 0 unspecified atom stereocenters. The standard InChI is InChI=1S/C26H25N7O/c1-18-5-3-11-28-23(18)25(34)31-26(2)9-13-32(14-10-26)22-8-7-19(16-29-22)21-6-4-12-33-24(21)20(15-27)17-30-33/h3-8,11-12,16-17H,9-10,13-14H2,1-2H3,(H,31,34). The molecule has 8 nitrogen and oxygen atoms in total. The first-order chi connectivity index (χ1) is 16.5. The van der Waals surface area contributed by atoms with Crippen molar-refractivity contribution in [2.75, 3.05) is 18.0 Å². The molecule has 5 heterocycles. The maximum atomic E-state index is 12.8. The highest BCUT2D eigenvalue weighted by atomic mass is 16.2. The number of nitrogens with one attached hydrogen (secondary N) is 1. The Bertz CT molecular complexity index is 1390. The Labute approximate surface area is 197 Å². The van der Waals surface area contributed by atoms with E-state index in [1.807, 2.05) is 55.7 Å². The summed E-state index contributed by atoms with van der Waals surface area (Å²) in [7, 11) is 0. The Kier molecular flexibility index (Phi) is 5.46. The van der Waals surface area contributed by atoms with Gasteiger partial charge in [-0.3, -0.25) is 9.78 Å². The van der Waals surface area contributed by atoms with Gasteiger partial charge in [-0.15, -0.1) is 0 Å². The molecule has 0 aromatic carbocycles. The van der Waals surface area contributed by atoms with Crippen LogP contribution in [0.4, 0.5) is 5.82 Å². The van der Waals surface area contributed by atoms with Crippen molar-refractivity contribution in [1.29, 1.82) is 5.26 Å². The third-order valence-corrected chi connectivity index (χ3v) is 6.55. The summed E-state index contributed by atoms with van der Waals surface area (Å²) < 4.78 is 1.72. The Morgan fingerprint density at radius 1 is 1.12 bits per heavy atom. The van der Waals surface area contributed by atoms with Crippen molar-refractivity contribution in [2.24, 2.45) is 0 Å². The van der Waals surface area contributed by atoms with Gasteiger partial charge in [0, 0.05) is 48.3 Å². The summed E-state index contributed by atoms with van der Waals surface area (Å²) in [6, 6.07) is 13.9. The molecule has 0 bridgehead atoms. The molecule has 1 aliphatic heterocycles. The van der Waals surface area contributed by atoms with E-state index in [0.717, 1.165) is 54.0 Å². The van der Waals surface area contributed by atoms with Gasteiger partial charge in [0.2, 0.25) is 0 Å². The molecular formula is C26H25N7O. The summed E-state index contributed by atoms with van der Waals surface area (Å²) in [5, 5.41) is 16.9. The van der Waals surface area contributed by atoms with Crippen LogP contribution in [0, 0.1) is 18.3 Å². The largest absolute Gasteiger partial charge is 0.356 e. The van der Waals surface area contributed by atoms with Crippen LogP contribution in [0.3, 0.4) is 0 Å².